The first-order chi connectivity index (χ1) is 14.2. The zero-order valence-electron chi connectivity index (χ0n) is 16.9. The third-order valence-electron chi connectivity index (χ3n) is 4.84. The monoisotopic (exact) mass is 451 g/mol. The number of rotatable bonds is 8. The van der Waals surface area contributed by atoms with Crippen molar-refractivity contribution in [2.75, 3.05) is 23.5 Å². The van der Waals surface area contributed by atoms with Crippen molar-refractivity contribution in [2.24, 2.45) is 5.92 Å². The van der Waals surface area contributed by atoms with E-state index in [1.165, 1.54) is 11.3 Å². The summed E-state index contributed by atoms with van der Waals surface area (Å²) in [5.41, 5.74) is 2.60. The molecule has 8 nitrogen and oxygen atoms in total. The number of urea groups is 1. The highest BCUT2D eigenvalue weighted by atomic mass is 32.2. The standard InChI is InChI=1S/C20H25N3O5S2/c1-13-7-8-17(16(11-13)18(24)14-5-3-4-6-14)22-19(25)23-20-21-15(12-29-20)9-10-28-30(2,26)27/h7-8,11-12,14H,3-6,9-10H2,1-2H3,(H2,21,22,23,25). The molecule has 30 heavy (non-hydrogen) atoms. The van der Waals surface area contributed by atoms with E-state index in [4.69, 9.17) is 4.18 Å². The van der Waals surface area contributed by atoms with Gasteiger partial charge in [0.15, 0.2) is 10.9 Å². The minimum Gasteiger partial charge on any atom is -0.307 e. The van der Waals surface area contributed by atoms with Crippen molar-refractivity contribution in [1.82, 2.24) is 4.98 Å². The van der Waals surface area contributed by atoms with Crippen LogP contribution in [0.5, 0.6) is 0 Å². The highest BCUT2D eigenvalue weighted by molar-refractivity contribution is 7.85. The molecule has 0 aliphatic heterocycles. The lowest BCUT2D eigenvalue weighted by molar-refractivity contribution is 0.0923. The number of Topliss-reactive ketones (excluding diaryl/α,β-unsaturated/α-hetero) is 1. The van der Waals surface area contributed by atoms with Gasteiger partial charge < -0.3 is 5.32 Å². The van der Waals surface area contributed by atoms with Crippen LogP contribution in [0.3, 0.4) is 0 Å². The summed E-state index contributed by atoms with van der Waals surface area (Å²) in [6.45, 7) is 1.91. The number of amides is 2. The Bertz CT molecular complexity index is 1030. The second kappa shape index (κ2) is 9.67. The lowest BCUT2D eigenvalue weighted by Crippen LogP contribution is -2.22. The molecule has 0 unspecified atom stereocenters. The second-order valence-electron chi connectivity index (χ2n) is 7.39. The topological polar surface area (TPSA) is 114 Å². The first-order valence-corrected chi connectivity index (χ1v) is 12.4. The van der Waals surface area contributed by atoms with Crippen LogP contribution in [0.25, 0.3) is 0 Å². The van der Waals surface area contributed by atoms with Crippen LogP contribution in [0.1, 0.15) is 47.3 Å². The lowest BCUT2D eigenvalue weighted by atomic mass is 9.94. The maximum Gasteiger partial charge on any atom is 0.325 e. The van der Waals surface area contributed by atoms with Gasteiger partial charge in [0.25, 0.3) is 10.1 Å². The van der Waals surface area contributed by atoms with Crippen LogP contribution in [0.2, 0.25) is 0 Å². The van der Waals surface area contributed by atoms with E-state index in [1.54, 1.807) is 11.4 Å². The van der Waals surface area contributed by atoms with E-state index in [2.05, 4.69) is 15.6 Å². The smallest absolute Gasteiger partial charge is 0.307 e. The van der Waals surface area contributed by atoms with Gasteiger partial charge in [-0.2, -0.15) is 8.42 Å². The number of aromatic nitrogens is 1. The Morgan fingerprint density at radius 2 is 1.97 bits per heavy atom. The Morgan fingerprint density at radius 3 is 2.67 bits per heavy atom. The number of hydrogen-bond acceptors (Lipinski definition) is 7. The van der Waals surface area contributed by atoms with Gasteiger partial charge in [-0.3, -0.25) is 14.3 Å². The van der Waals surface area contributed by atoms with E-state index in [9.17, 15) is 18.0 Å². The highest BCUT2D eigenvalue weighted by Crippen LogP contribution is 2.31. The summed E-state index contributed by atoms with van der Waals surface area (Å²) in [5.74, 6) is 0.0972. The molecule has 10 heteroatoms. The molecule has 2 aromatic rings. The number of hydrogen-bond donors (Lipinski definition) is 2. The lowest BCUT2D eigenvalue weighted by Gasteiger charge is -2.14. The molecule has 0 radical (unpaired) electrons. The molecular weight excluding hydrogens is 426 g/mol. The Kier molecular flexibility index (Phi) is 7.22. The van der Waals surface area contributed by atoms with Gasteiger partial charge >= 0.3 is 6.03 Å². The molecule has 1 aromatic heterocycles. The number of nitrogens with zero attached hydrogens (tertiary/aromatic N) is 1. The summed E-state index contributed by atoms with van der Waals surface area (Å²) in [7, 11) is -3.49. The number of thiazole rings is 1. The zero-order chi connectivity index (χ0) is 21.7. The average Bonchev–Trinajstić information content (AvgIpc) is 3.34. The zero-order valence-corrected chi connectivity index (χ0v) is 18.6. The third-order valence-corrected chi connectivity index (χ3v) is 6.24. The minimum atomic E-state index is -3.49. The molecule has 1 aromatic carbocycles. The van der Waals surface area contributed by atoms with E-state index in [-0.39, 0.29) is 18.3 Å². The molecule has 2 amide bonds. The van der Waals surface area contributed by atoms with Crippen LogP contribution in [-0.2, 0) is 20.7 Å². The summed E-state index contributed by atoms with van der Waals surface area (Å²) in [4.78, 5) is 29.6. The van der Waals surface area contributed by atoms with E-state index in [0.717, 1.165) is 37.5 Å². The van der Waals surface area contributed by atoms with Crippen LogP contribution in [-0.4, -0.2) is 38.1 Å². The molecule has 1 fully saturated rings. The van der Waals surface area contributed by atoms with Crippen molar-refractivity contribution in [3.63, 3.8) is 0 Å². The summed E-state index contributed by atoms with van der Waals surface area (Å²) >= 11 is 1.22. The molecule has 0 bridgehead atoms. The van der Waals surface area contributed by atoms with Crippen LogP contribution in [0.4, 0.5) is 15.6 Å². The van der Waals surface area contributed by atoms with Crippen molar-refractivity contribution < 1.29 is 22.2 Å². The fourth-order valence-electron chi connectivity index (χ4n) is 3.41. The third kappa shape index (κ3) is 6.35. The number of carbonyl (C=O) groups excluding carboxylic acids is 2. The van der Waals surface area contributed by atoms with Crippen LogP contribution in [0, 0.1) is 12.8 Å². The molecule has 3 rings (SSSR count). The number of carbonyl (C=O) groups is 2. The summed E-state index contributed by atoms with van der Waals surface area (Å²) < 4.78 is 26.7. The van der Waals surface area contributed by atoms with Crippen LogP contribution in [0.15, 0.2) is 23.6 Å². The van der Waals surface area contributed by atoms with Crippen molar-refractivity contribution in [3.8, 4) is 0 Å². The molecule has 2 N–H and O–H groups in total. The highest BCUT2D eigenvalue weighted by Gasteiger charge is 2.26. The molecule has 1 aliphatic carbocycles. The predicted molar refractivity (Wildman–Crippen MR) is 117 cm³/mol. The predicted octanol–water partition coefficient (Wildman–Crippen LogP) is 3.99. The van der Waals surface area contributed by atoms with E-state index in [0.29, 0.717) is 28.5 Å². The molecule has 0 spiro atoms. The van der Waals surface area contributed by atoms with Gasteiger partial charge in [0.1, 0.15) is 0 Å². The van der Waals surface area contributed by atoms with E-state index in [1.807, 2.05) is 19.1 Å². The van der Waals surface area contributed by atoms with Gasteiger partial charge in [-0.1, -0.05) is 24.5 Å². The number of benzene rings is 1. The first kappa shape index (κ1) is 22.4. The van der Waals surface area contributed by atoms with Gasteiger partial charge in [0.05, 0.1) is 24.2 Å². The van der Waals surface area contributed by atoms with E-state index >= 15 is 0 Å². The van der Waals surface area contributed by atoms with Gasteiger partial charge in [-0.05, 0) is 31.9 Å². The van der Waals surface area contributed by atoms with Crippen molar-refractivity contribution in [3.05, 3.63) is 40.4 Å². The van der Waals surface area contributed by atoms with Gasteiger partial charge in [0.2, 0.25) is 0 Å². The Morgan fingerprint density at radius 1 is 1.23 bits per heavy atom. The Balaban J connectivity index is 1.62. The normalized spacial score (nSPS) is 14.6. The van der Waals surface area contributed by atoms with Gasteiger partial charge in [-0.15, -0.1) is 11.3 Å². The van der Waals surface area contributed by atoms with Gasteiger partial charge in [-0.25, -0.2) is 9.78 Å². The first-order valence-electron chi connectivity index (χ1n) is 9.73. The second-order valence-corrected chi connectivity index (χ2v) is 9.90. The van der Waals surface area contributed by atoms with Crippen molar-refractivity contribution in [2.45, 2.75) is 39.0 Å². The molecule has 1 saturated carbocycles. The number of ketones is 1. The molecule has 162 valence electrons. The molecule has 0 saturated heterocycles. The number of aryl methyl sites for hydroxylation is 1. The van der Waals surface area contributed by atoms with Crippen LogP contribution >= 0.6 is 11.3 Å². The largest absolute Gasteiger partial charge is 0.325 e. The summed E-state index contributed by atoms with van der Waals surface area (Å²) in [6, 6.07) is 4.92. The maximum absolute atomic E-state index is 12.9. The Hall–Kier alpha value is -2.30. The van der Waals surface area contributed by atoms with Crippen molar-refractivity contribution >= 4 is 44.1 Å². The number of nitrogens with one attached hydrogen (secondary N) is 2. The fraction of sp³-hybridized carbons (Fsp3) is 0.450. The summed E-state index contributed by atoms with van der Waals surface area (Å²) in [5, 5.41) is 7.51. The Labute approximate surface area is 180 Å². The minimum absolute atomic E-state index is 0.00971. The molecule has 1 aliphatic rings. The quantitative estimate of drug-likeness (QED) is 0.463. The molecule has 1 heterocycles. The van der Waals surface area contributed by atoms with Gasteiger partial charge in [0, 0.05) is 23.3 Å². The average molecular weight is 452 g/mol. The SMILES string of the molecule is Cc1ccc(NC(=O)Nc2nc(CCOS(C)(=O)=O)cs2)c(C(=O)C2CCCC2)c1. The van der Waals surface area contributed by atoms with Crippen molar-refractivity contribution in [1.29, 1.82) is 0 Å². The van der Waals surface area contributed by atoms with E-state index < -0.39 is 16.1 Å². The fourth-order valence-corrected chi connectivity index (χ4v) is 4.53. The number of anilines is 2. The molecule has 0 atom stereocenters. The summed E-state index contributed by atoms with van der Waals surface area (Å²) in [6.07, 6.45) is 5.21. The van der Waals surface area contributed by atoms with Crippen LogP contribution < -0.4 is 10.6 Å². The maximum atomic E-state index is 12.9. The molecular formula is C20H25N3O5S2.